The molecule has 0 aliphatic carbocycles. The summed E-state index contributed by atoms with van der Waals surface area (Å²) in [5.41, 5.74) is 0. The highest BCUT2D eigenvalue weighted by Crippen LogP contribution is 2.27. The molecule has 0 bridgehead atoms. The minimum atomic E-state index is -3.47. The van der Waals surface area contributed by atoms with E-state index < -0.39 is 10.0 Å². The van der Waals surface area contributed by atoms with Gasteiger partial charge in [-0.05, 0) is 30.5 Å². The van der Waals surface area contributed by atoms with Crippen LogP contribution in [0.4, 0.5) is 0 Å². The van der Waals surface area contributed by atoms with Crippen molar-refractivity contribution < 1.29 is 8.42 Å². The van der Waals surface area contributed by atoms with Crippen LogP contribution in [-0.4, -0.2) is 8.42 Å². The highest BCUT2D eigenvalue weighted by Gasteiger charge is 2.20. The zero-order chi connectivity index (χ0) is 12.5. The van der Waals surface area contributed by atoms with Crippen molar-refractivity contribution in [3.63, 3.8) is 0 Å². The van der Waals surface area contributed by atoms with Crippen molar-refractivity contribution in [2.24, 2.45) is 0 Å². The standard InChI is InChI=1S/C10H10ClNO2S3/c1-7(8-3-2-6-15-8)12-17(13,14)10-5-4-9(11)16-10/h2-7,12H,1H3/t7-/m0/s1. The predicted octanol–water partition coefficient (Wildman–Crippen LogP) is 3.50. The zero-order valence-electron chi connectivity index (χ0n) is 8.88. The van der Waals surface area contributed by atoms with Crippen LogP contribution in [0, 0.1) is 0 Å². The molecule has 0 fully saturated rings. The molecule has 2 aromatic heterocycles. The smallest absolute Gasteiger partial charge is 0.206 e. The van der Waals surface area contributed by atoms with Crippen LogP contribution in [0.3, 0.4) is 0 Å². The maximum atomic E-state index is 12.0. The lowest BCUT2D eigenvalue weighted by Crippen LogP contribution is -2.25. The maximum Gasteiger partial charge on any atom is 0.250 e. The van der Waals surface area contributed by atoms with E-state index in [1.807, 2.05) is 24.4 Å². The monoisotopic (exact) mass is 307 g/mol. The summed E-state index contributed by atoms with van der Waals surface area (Å²) in [6.07, 6.45) is 0. The lowest BCUT2D eigenvalue weighted by atomic mass is 10.3. The third-order valence-corrected chi connectivity index (χ3v) is 6.43. The van der Waals surface area contributed by atoms with E-state index in [1.54, 1.807) is 6.07 Å². The average Bonchev–Trinajstić information content (AvgIpc) is 2.86. The van der Waals surface area contributed by atoms with E-state index in [2.05, 4.69) is 4.72 Å². The molecular weight excluding hydrogens is 298 g/mol. The van der Waals surface area contributed by atoms with Gasteiger partial charge in [0.1, 0.15) is 4.21 Å². The number of nitrogens with one attached hydrogen (secondary N) is 1. The van der Waals surface area contributed by atoms with Crippen molar-refractivity contribution in [3.8, 4) is 0 Å². The SMILES string of the molecule is C[C@H](NS(=O)(=O)c1ccc(Cl)s1)c1cccs1. The van der Waals surface area contributed by atoms with Crippen molar-refractivity contribution in [3.05, 3.63) is 38.9 Å². The molecule has 2 heterocycles. The quantitative estimate of drug-likeness (QED) is 0.939. The van der Waals surface area contributed by atoms with Gasteiger partial charge in [0.25, 0.3) is 10.0 Å². The van der Waals surface area contributed by atoms with Crippen molar-refractivity contribution in [1.82, 2.24) is 4.72 Å². The molecule has 2 rings (SSSR count). The van der Waals surface area contributed by atoms with E-state index in [4.69, 9.17) is 11.6 Å². The first kappa shape index (κ1) is 13.0. The summed E-state index contributed by atoms with van der Waals surface area (Å²) in [5.74, 6) is 0. The number of sulfonamides is 1. The Labute approximate surface area is 113 Å². The summed E-state index contributed by atoms with van der Waals surface area (Å²) in [4.78, 5) is 0.983. The molecule has 0 amide bonds. The lowest BCUT2D eigenvalue weighted by Gasteiger charge is -2.11. The second-order valence-electron chi connectivity index (χ2n) is 3.42. The van der Waals surface area contributed by atoms with Crippen LogP contribution < -0.4 is 4.72 Å². The molecule has 1 atom stereocenters. The van der Waals surface area contributed by atoms with E-state index in [9.17, 15) is 8.42 Å². The van der Waals surface area contributed by atoms with Gasteiger partial charge in [0.2, 0.25) is 0 Å². The molecular formula is C10H10ClNO2S3. The molecule has 0 spiro atoms. The second kappa shape index (κ2) is 5.07. The molecule has 92 valence electrons. The number of rotatable bonds is 4. The van der Waals surface area contributed by atoms with Crippen LogP contribution in [0.15, 0.2) is 33.9 Å². The highest BCUT2D eigenvalue weighted by molar-refractivity contribution is 7.91. The Hall–Kier alpha value is -0.400. The number of hydrogen-bond donors (Lipinski definition) is 1. The largest absolute Gasteiger partial charge is 0.250 e. The normalized spacial score (nSPS) is 13.8. The van der Waals surface area contributed by atoms with Crippen LogP contribution in [0.25, 0.3) is 0 Å². The predicted molar refractivity (Wildman–Crippen MR) is 72.4 cm³/mol. The Morgan fingerprint density at radius 3 is 2.65 bits per heavy atom. The van der Waals surface area contributed by atoms with Gasteiger partial charge in [-0.1, -0.05) is 17.7 Å². The van der Waals surface area contributed by atoms with Gasteiger partial charge < -0.3 is 0 Å². The maximum absolute atomic E-state index is 12.0. The van der Waals surface area contributed by atoms with Crippen LogP contribution in [0.5, 0.6) is 0 Å². The highest BCUT2D eigenvalue weighted by atomic mass is 35.5. The van der Waals surface area contributed by atoms with Crippen LogP contribution >= 0.6 is 34.3 Å². The van der Waals surface area contributed by atoms with Crippen molar-refractivity contribution in [2.45, 2.75) is 17.2 Å². The Bertz CT molecular complexity index is 589. The van der Waals surface area contributed by atoms with Gasteiger partial charge in [-0.15, -0.1) is 22.7 Å². The van der Waals surface area contributed by atoms with Gasteiger partial charge in [0.15, 0.2) is 0 Å². The molecule has 0 aromatic carbocycles. The molecule has 0 saturated heterocycles. The van der Waals surface area contributed by atoms with Crippen LogP contribution in [0.2, 0.25) is 4.34 Å². The number of hydrogen-bond acceptors (Lipinski definition) is 4. The van der Waals surface area contributed by atoms with Crippen molar-refractivity contribution in [1.29, 1.82) is 0 Å². The van der Waals surface area contributed by atoms with Gasteiger partial charge in [0, 0.05) is 4.88 Å². The Balaban J connectivity index is 2.18. The van der Waals surface area contributed by atoms with E-state index in [-0.39, 0.29) is 10.3 Å². The first-order valence-corrected chi connectivity index (χ1v) is 8.36. The molecule has 2 aromatic rings. The number of thiophene rings is 2. The molecule has 0 unspecified atom stereocenters. The van der Waals surface area contributed by atoms with Crippen molar-refractivity contribution >= 4 is 44.3 Å². The van der Waals surface area contributed by atoms with Crippen LogP contribution in [-0.2, 0) is 10.0 Å². The van der Waals surface area contributed by atoms with Gasteiger partial charge in [-0.3, -0.25) is 0 Å². The topological polar surface area (TPSA) is 46.2 Å². The molecule has 0 saturated carbocycles. The lowest BCUT2D eigenvalue weighted by molar-refractivity contribution is 0.570. The van der Waals surface area contributed by atoms with Crippen molar-refractivity contribution in [2.75, 3.05) is 0 Å². The zero-order valence-corrected chi connectivity index (χ0v) is 12.1. The fourth-order valence-electron chi connectivity index (χ4n) is 1.33. The Morgan fingerprint density at radius 1 is 1.35 bits per heavy atom. The summed E-state index contributed by atoms with van der Waals surface area (Å²) >= 11 is 8.31. The van der Waals surface area contributed by atoms with Gasteiger partial charge >= 0.3 is 0 Å². The summed E-state index contributed by atoms with van der Waals surface area (Å²) in [6.45, 7) is 1.82. The van der Waals surface area contributed by atoms with E-state index in [1.165, 1.54) is 17.4 Å². The fourth-order valence-corrected chi connectivity index (χ4v) is 4.86. The first-order valence-electron chi connectivity index (χ1n) is 4.80. The van der Waals surface area contributed by atoms with Gasteiger partial charge in [-0.2, -0.15) is 0 Å². The molecule has 0 aliphatic heterocycles. The first-order chi connectivity index (χ1) is 7.99. The summed E-state index contributed by atoms with van der Waals surface area (Å²) in [6, 6.07) is 6.65. The molecule has 0 aliphatic rings. The van der Waals surface area contributed by atoms with Gasteiger partial charge in [-0.25, -0.2) is 13.1 Å². The third-order valence-electron chi connectivity index (χ3n) is 2.12. The summed E-state index contributed by atoms with van der Waals surface area (Å²) in [7, 11) is -3.47. The minimum Gasteiger partial charge on any atom is -0.206 e. The Kier molecular flexibility index (Phi) is 3.89. The Morgan fingerprint density at radius 2 is 2.12 bits per heavy atom. The van der Waals surface area contributed by atoms with E-state index in [0.717, 1.165) is 16.2 Å². The van der Waals surface area contributed by atoms with E-state index >= 15 is 0 Å². The van der Waals surface area contributed by atoms with Crippen LogP contribution in [0.1, 0.15) is 17.8 Å². The molecule has 7 heteroatoms. The molecule has 3 nitrogen and oxygen atoms in total. The minimum absolute atomic E-state index is 0.235. The van der Waals surface area contributed by atoms with E-state index in [0.29, 0.717) is 4.34 Å². The number of halogens is 1. The molecule has 0 radical (unpaired) electrons. The summed E-state index contributed by atoms with van der Waals surface area (Å²) in [5, 5.41) is 1.92. The summed E-state index contributed by atoms with van der Waals surface area (Å²) < 4.78 is 27.3. The fraction of sp³-hybridized carbons (Fsp3) is 0.200. The van der Waals surface area contributed by atoms with Gasteiger partial charge in [0.05, 0.1) is 10.4 Å². The third kappa shape index (κ3) is 3.08. The second-order valence-corrected chi connectivity index (χ2v) is 8.05. The molecule has 17 heavy (non-hydrogen) atoms. The molecule has 1 N–H and O–H groups in total. The average molecular weight is 308 g/mol.